The fraction of sp³-hybridized carbons (Fsp3) is 0.643. The zero-order valence-corrected chi connectivity index (χ0v) is 11.3. The predicted octanol–water partition coefficient (Wildman–Crippen LogP) is 2.41. The van der Waals surface area contributed by atoms with E-state index in [0.717, 1.165) is 18.1 Å². The summed E-state index contributed by atoms with van der Waals surface area (Å²) in [4.78, 5) is 4.75. The normalized spacial score (nSPS) is 31.1. The molecule has 0 N–H and O–H groups in total. The lowest BCUT2D eigenvalue weighted by Crippen LogP contribution is -2.29. The molecule has 4 heteroatoms. The monoisotopic (exact) mass is 244 g/mol. The van der Waals surface area contributed by atoms with Crippen molar-refractivity contribution in [2.75, 3.05) is 0 Å². The Kier molecular flexibility index (Phi) is 2.80. The molecule has 0 radical (unpaired) electrons. The van der Waals surface area contributed by atoms with Gasteiger partial charge in [0.1, 0.15) is 11.6 Å². The zero-order valence-electron chi connectivity index (χ0n) is 11.3. The van der Waals surface area contributed by atoms with Crippen LogP contribution in [0.3, 0.4) is 0 Å². The van der Waals surface area contributed by atoms with Gasteiger partial charge in [0.2, 0.25) is 0 Å². The Hall–Kier alpha value is -1.45. The van der Waals surface area contributed by atoms with Crippen molar-refractivity contribution in [1.82, 2.24) is 14.8 Å². The van der Waals surface area contributed by atoms with Gasteiger partial charge in [-0.05, 0) is 39.2 Å². The van der Waals surface area contributed by atoms with Gasteiger partial charge < -0.3 is 4.57 Å². The number of allylic oxidation sites excluding steroid dienone is 1. The number of aromatic nitrogens is 3. The lowest BCUT2D eigenvalue weighted by atomic mass is 9.76. The van der Waals surface area contributed by atoms with Gasteiger partial charge in [-0.3, -0.25) is 4.99 Å². The number of hydrogen-bond donors (Lipinski definition) is 0. The highest BCUT2D eigenvalue weighted by Crippen LogP contribution is 2.38. The van der Waals surface area contributed by atoms with E-state index in [4.69, 9.17) is 4.99 Å². The lowest BCUT2D eigenvalue weighted by Gasteiger charge is -2.33. The second kappa shape index (κ2) is 4.34. The number of fused-ring (bicyclic) bond motifs is 1. The minimum atomic E-state index is 0.501. The highest BCUT2D eigenvalue weighted by molar-refractivity contribution is 5.93. The summed E-state index contributed by atoms with van der Waals surface area (Å²) in [6, 6.07) is 0.501. The van der Waals surface area contributed by atoms with Gasteiger partial charge in [0.05, 0.1) is 6.04 Å². The Morgan fingerprint density at radius 2 is 2.06 bits per heavy atom. The van der Waals surface area contributed by atoms with E-state index in [0.29, 0.717) is 17.9 Å². The molecule has 2 heterocycles. The van der Waals surface area contributed by atoms with Crippen LogP contribution in [0.5, 0.6) is 0 Å². The molecule has 0 saturated heterocycles. The van der Waals surface area contributed by atoms with Gasteiger partial charge >= 0.3 is 0 Å². The summed E-state index contributed by atoms with van der Waals surface area (Å²) in [5, 5.41) is 8.52. The van der Waals surface area contributed by atoms with Gasteiger partial charge in [0, 0.05) is 24.6 Å². The molecular formula is C14H20N4. The van der Waals surface area contributed by atoms with E-state index in [2.05, 4.69) is 40.9 Å². The Bertz CT molecular complexity index is 512. The van der Waals surface area contributed by atoms with Crippen molar-refractivity contribution < 1.29 is 0 Å². The van der Waals surface area contributed by atoms with E-state index < -0.39 is 0 Å². The fourth-order valence-electron chi connectivity index (χ4n) is 3.14. The molecule has 4 nitrogen and oxygen atoms in total. The van der Waals surface area contributed by atoms with E-state index in [-0.39, 0.29) is 0 Å². The van der Waals surface area contributed by atoms with Crippen molar-refractivity contribution in [3.8, 4) is 0 Å². The van der Waals surface area contributed by atoms with Gasteiger partial charge in [-0.2, -0.15) is 0 Å². The maximum atomic E-state index is 4.75. The molecule has 2 aliphatic rings. The maximum absolute atomic E-state index is 4.75. The van der Waals surface area contributed by atoms with Crippen molar-refractivity contribution in [2.24, 2.45) is 18.0 Å². The smallest absolute Gasteiger partial charge is 0.135 e. The first-order valence-corrected chi connectivity index (χ1v) is 6.73. The molecular weight excluding hydrogens is 224 g/mol. The highest BCUT2D eigenvalue weighted by Gasteiger charge is 2.32. The number of rotatable bonds is 1. The first-order chi connectivity index (χ1) is 8.65. The Balaban J connectivity index is 1.79. The van der Waals surface area contributed by atoms with Crippen molar-refractivity contribution in [2.45, 2.75) is 45.1 Å². The van der Waals surface area contributed by atoms with Gasteiger partial charge in [0.15, 0.2) is 0 Å². The largest absolute Gasteiger partial charge is 0.318 e. The molecule has 0 amide bonds. The van der Waals surface area contributed by atoms with Crippen LogP contribution < -0.4 is 0 Å². The molecule has 1 saturated carbocycles. The molecule has 1 aromatic rings. The zero-order chi connectivity index (χ0) is 12.7. The predicted molar refractivity (Wildman–Crippen MR) is 71.9 cm³/mol. The SMILES string of the molecule is CC1=NC2CCC(c3nnc(C)n3C)CC2C=C1. The molecule has 18 heavy (non-hydrogen) atoms. The summed E-state index contributed by atoms with van der Waals surface area (Å²) >= 11 is 0. The van der Waals surface area contributed by atoms with Crippen LogP contribution in [0.1, 0.15) is 43.8 Å². The third-order valence-corrected chi connectivity index (χ3v) is 4.31. The third-order valence-electron chi connectivity index (χ3n) is 4.31. The van der Waals surface area contributed by atoms with E-state index >= 15 is 0 Å². The maximum Gasteiger partial charge on any atom is 0.135 e. The Morgan fingerprint density at radius 3 is 2.78 bits per heavy atom. The molecule has 3 unspecified atom stereocenters. The molecule has 1 aromatic heterocycles. The summed E-state index contributed by atoms with van der Waals surface area (Å²) in [5.41, 5.74) is 1.17. The van der Waals surface area contributed by atoms with Crippen LogP contribution in [0.2, 0.25) is 0 Å². The van der Waals surface area contributed by atoms with Crippen molar-refractivity contribution in [1.29, 1.82) is 0 Å². The summed E-state index contributed by atoms with van der Waals surface area (Å²) in [6.45, 7) is 4.10. The van der Waals surface area contributed by atoms with Crippen LogP contribution in [0.25, 0.3) is 0 Å². The molecule has 3 atom stereocenters. The number of hydrogen-bond acceptors (Lipinski definition) is 3. The Morgan fingerprint density at radius 1 is 1.22 bits per heavy atom. The topological polar surface area (TPSA) is 43.1 Å². The average molecular weight is 244 g/mol. The molecule has 3 rings (SSSR count). The van der Waals surface area contributed by atoms with Crippen LogP contribution in [-0.2, 0) is 7.05 Å². The summed E-state index contributed by atoms with van der Waals surface area (Å²) < 4.78 is 2.13. The molecule has 0 spiro atoms. The number of dihydropyridines is 1. The van der Waals surface area contributed by atoms with Crippen LogP contribution in [0, 0.1) is 12.8 Å². The quantitative estimate of drug-likeness (QED) is 0.761. The summed E-state index contributed by atoms with van der Waals surface area (Å²) in [5.74, 6) is 3.27. The second-order valence-electron chi connectivity index (χ2n) is 5.54. The van der Waals surface area contributed by atoms with Crippen LogP contribution in [0.4, 0.5) is 0 Å². The molecule has 1 aliphatic heterocycles. The van der Waals surface area contributed by atoms with Crippen LogP contribution >= 0.6 is 0 Å². The second-order valence-corrected chi connectivity index (χ2v) is 5.54. The van der Waals surface area contributed by atoms with Gasteiger partial charge in [0.25, 0.3) is 0 Å². The van der Waals surface area contributed by atoms with E-state index in [1.807, 2.05) is 6.92 Å². The van der Waals surface area contributed by atoms with Gasteiger partial charge in [-0.25, -0.2) is 0 Å². The molecule has 96 valence electrons. The first kappa shape index (κ1) is 11.6. The lowest BCUT2D eigenvalue weighted by molar-refractivity contribution is 0.313. The highest BCUT2D eigenvalue weighted by atomic mass is 15.3. The van der Waals surface area contributed by atoms with Crippen molar-refractivity contribution in [3.63, 3.8) is 0 Å². The minimum absolute atomic E-state index is 0.501. The third kappa shape index (κ3) is 1.89. The van der Waals surface area contributed by atoms with Gasteiger partial charge in [-0.1, -0.05) is 6.08 Å². The molecule has 1 fully saturated rings. The van der Waals surface area contributed by atoms with Crippen LogP contribution in [0.15, 0.2) is 17.1 Å². The van der Waals surface area contributed by atoms with Gasteiger partial charge in [-0.15, -0.1) is 10.2 Å². The van der Waals surface area contributed by atoms with E-state index in [9.17, 15) is 0 Å². The number of nitrogens with zero attached hydrogens (tertiary/aromatic N) is 4. The first-order valence-electron chi connectivity index (χ1n) is 6.73. The van der Waals surface area contributed by atoms with Crippen LogP contribution in [-0.4, -0.2) is 26.5 Å². The standard InChI is InChI=1S/C14H20N4/c1-9-4-5-11-8-12(6-7-13(11)15-9)14-17-16-10(2)18(14)3/h4-5,11-13H,6-8H2,1-3H3. The van der Waals surface area contributed by atoms with E-state index in [1.54, 1.807) is 0 Å². The summed E-state index contributed by atoms with van der Waals surface area (Å²) in [7, 11) is 2.07. The fourth-order valence-corrected chi connectivity index (χ4v) is 3.14. The molecule has 0 bridgehead atoms. The van der Waals surface area contributed by atoms with Crippen molar-refractivity contribution in [3.05, 3.63) is 23.8 Å². The number of aryl methyl sites for hydroxylation is 1. The Labute approximate surface area is 108 Å². The molecule has 0 aromatic carbocycles. The summed E-state index contributed by atoms with van der Waals surface area (Å²) in [6.07, 6.45) is 8.00. The van der Waals surface area contributed by atoms with E-state index in [1.165, 1.54) is 18.6 Å². The number of aliphatic imine (C=N–C) groups is 1. The molecule has 1 aliphatic carbocycles. The average Bonchev–Trinajstić information content (AvgIpc) is 2.69. The minimum Gasteiger partial charge on any atom is -0.318 e. The van der Waals surface area contributed by atoms with Crippen molar-refractivity contribution >= 4 is 5.71 Å².